The zero-order chi connectivity index (χ0) is 13.8. The molecule has 0 bridgehead atoms. The van der Waals surface area contributed by atoms with E-state index in [0.29, 0.717) is 6.42 Å². The zero-order valence-electron chi connectivity index (χ0n) is 10.5. The highest BCUT2D eigenvalue weighted by atomic mass is 16.3. The second kappa shape index (κ2) is 5.73. The summed E-state index contributed by atoms with van der Waals surface area (Å²) in [7, 11) is 0. The molecule has 0 aliphatic heterocycles. The molecule has 6 N–H and O–H groups in total. The third-order valence-corrected chi connectivity index (χ3v) is 3.10. The summed E-state index contributed by atoms with van der Waals surface area (Å²) in [6, 6.07) is 13.2. The highest BCUT2D eigenvalue weighted by molar-refractivity contribution is 5.31. The summed E-state index contributed by atoms with van der Waals surface area (Å²) in [5.41, 5.74) is 13.9. The Morgan fingerprint density at radius 1 is 0.789 bits per heavy atom. The van der Waals surface area contributed by atoms with Gasteiger partial charge in [0.25, 0.3) is 0 Å². The van der Waals surface area contributed by atoms with E-state index < -0.39 is 0 Å². The van der Waals surface area contributed by atoms with Gasteiger partial charge in [0.05, 0.1) is 0 Å². The SMILES string of the molecule is NC(CC(N)c1cccc(O)c1)c1cccc(O)c1. The van der Waals surface area contributed by atoms with Gasteiger partial charge >= 0.3 is 0 Å². The fourth-order valence-electron chi connectivity index (χ4n) is 2.06. The molecule has 0 aromatic heterocycles. The zero-order valence-corrected chi connectivity index (χ0v) is 10.5. The van der Waals surface area contributed by atoms with E-state index in [-0.39, 0.29) is 23.6 Å². The van der Waals surface area contributed by atoms with Gasteiger partial charge in [-0.1, -0.05) is 24.3 Å². The smallest absolute Gasteiger partial charge is 0.115 e. The van der Waals surface area contributed by atoms with Crippen LogP contribution >= 0.6 is 0 Å². The van der Waals surface area contributed by atoms with Crippen molar-refractivity contribution in [1.82, 2.24) is 0 Å². The van der Waals surface area contributed by atoms with Crippen LogP contribution in [0.2, 0.25) is 0 Å². The van der Waals surface area contributed by atoms with E-state index in [4.69, 9.17) is 11.5 Å². The van der Waals surface area contributed by atoms with Gasteiger partial charge in [0, 0.05) is 12.1 Å². The third-order valence-electron chi connectivity index (χ3n) is 3.10. The molecule has 0 fully saturated rings. The Hall–Kier alpha value is -2.04. The van der Waals surface area contributed by atoms with Gasteiger partial charge in [-0.15, -0.1) is 0 Å². The number of benzene rings is 2. The van der Waals surface area contributed by atoms with Gasteiger partial charge < -0.3 is 21.7 Å². The fraction of sp³-hybridized carbons (Fsp3) is 0.200. The monoisotopic (exact) mass is 258 g/mol. The van der Waals surface area contributed by atoms with Crippen molar-refractivity contribution in [2.75, 3.05) is 0 Å². The second-order valence-corrected chi connectivity index (χ2v) is 4.64. The van der Waals surface area contributed by atoms with E-state index in [1.54, 1.807) is 36.4 Å². The number of rotatable bonds is 4. The molecule has 4 nitrogen and oxygen atoms in total. The van der Waals surface area contributed by atoms with Crippen LogP contribution in [-0.4, -0.2) is 10.2 Å². The molecule has 0 heterocycles. The summed E-state index contributed by atoms with van der Waals surface area (Å²) in [5.74, 6) is 0.387. The molecule has 0 spiro atoms. The average Bonchev–Trinajstić information content (AvgIpc) is 2.38. The van der Waals surface area contributed by atoms with Crippen LogP contribution < -0.4 is 11.5 Å². The van der Waals surface area contributed by atoms with Crippen LogP contribution in [0.1, 0.15) is 29.6 Å². The molecule has 2 aromatic carbocycles. The van der Waals surface area contributed by atoms with Crippen LogP contribution in [0.4, 0.5) is 0 Å². The van der Waals surface area contributed by atoms with Crippen molar-refractivity contribution >= 4 is 0 Å². The number of hydrogen-bond acceptors (Lipinski definition) is 4. The predicted octanol–water partition coefficient (Wildman–Crippen LogP) is 2.19. The van der Waals surface area contributed by atoms with Crippen molar-refractivity contribution in [2.45, 2.75) is 18.5 Å². The number of phenols is 2. The van der Waals surface area contributed by atoms with E-state index in [0.717, 1.165) is 11.1 Å². The van der Waals surface area contributed by atoms with Gasteiger partial charge in [-0.25, -0.2) is 0 Å². The number of aromatic hydroxyl groups is 2. The molecule has 0 radical (unpaired) electrons. The molecule has 4 heteroatoms. The van der Waals surface area contributed by atoms with Crippen molar-refractivity contribution in [3.8, 4) is 11.5 Å². The van der Waals surface area contributed by atoms with Crippen molar-refractivity contribution in [3.05, 3.63) is 59.7 Å². The fourth-order valence-corrected chi connectivity index (χ4v) is 2.06. The number of nitrogens with two attached hydrogens (primary N) is 2. The summed E-state index contributed by atoms with van der Waals surface area (Å²) in [6.45, 7) is 0. The summed E-state index contributed by atoms with van der Waals surface area (Å²) in [4.78, 5) is 0. The van der Waals surface area contributed by atoms with Gasteiger partial charge in [0.2, 0.25) is 0 Å². The Kier molecular flexibility index (Phi) is 4.04. The molecule has 0 amide bonds. The quantitative estimate of drug-likeness (QED) is 0.676. The Morgan fingerprint density at radius 2 is 1.21 bits per heavy atom. The molecule has 100 valence electrons. The van der Waals surface area contributed by atoms with Crippen molar-refractivity contribution in [2.24, 2.45) is 11.5 Å². The maximum atomic E-state index is 9.43. The van der Waals surface area contributed by atoms with Gasteiger partial charge in [-0.3, -0.25) is 0 Å². The topological polar surface area (TPSA) is 92.5 Å². The lowest BCUT2D eigenvalue weighted by molar-refractivity contribution is 0.470. The maximum Gasteiger partial charge on any atom is 0.115 e. The lowest BCUT2D eigenvalue weighted by atomic mass is 9.96. The minimum Gasteiger partial charge on any atom is -0.508 e. The van der Waals surface area contributed by atoms with Crippen LogP contribution in [0.5, 0.6) is 11.5 Å². The molecular formula is C15H18N2O2. The average molecular weight is 258 g/mol. The van der Waals surface area contributed by atoms with E-state index in [2.05, 4.69) is 0 Å². The summed E-state index contributed by atoms with van der Waals surface area (Å²) in [6.07, 6.45) is 0.535. The first-order valence-corrected chi connectivity index (χ1v) is 6.15. The normalized spacial score (nSPS) is 14.0. The lowest BCUT2D eigenvalue weighted by Crippen LogP contribution is -2.19. The molecule has 0 aliphatic rings. The van der Waals surface area contributed by atoms with Gasteiger partial charge in [0.1, 0.15) is 11.5 Å². The summed E-state index contributed by atoms with van der Waals surface area (Å²) in [5, 5.41) is 18.9. The largest absolute Gasteiger partial charge is 0.508 e. The molecule has 0 saturated heterocycles. The summed E-state index contributed by atoms with van der Waals surface area (Å²) < 4.78 is 0. The number of hydrogen-bond donors (Lipinski definition) is 4. The maximum absolute atomic E-state index is 9.43. The predicted molar refractivity (Wildman–Crippen MR) is 74.7 cm³/mol. The summed E-state index contributed by atoms with van der Waals surface area (Å²) >= 11 is 0. The van der Waals surface area contributed by atoms with Crippen LogP contribution in [0, 0.1) is 0 Å². The molecule has 2 rings (SSSR count). The number of phenolic OH excluding ortho intramolecular Hbond substituents is 2. The Labute approximate surface area is 112 Å². The van der Waals surface area contributed by atoms with Crippen molar-refractivity contribution in [3.63, 3.8) is 0 Å². The van der Waals surface area contributed by atoms with E-state index in [1.807, 2.05) is 12.1 Å². The Bertz CT molecular complexity index is 508. The molecule has 0 saturated carbocycles. The molecule has 19 heavy (non-hydrogen) atoms. The van der Waals surface area contributed by atoms with Crippen LogP contribution in [0.3, 0.4) is 0 Å². The van der Waals surface area contributed by atoms with E-state index >= 15 is 0 Å². The van der Waals surface area contributed by atoms with E-state index in [1.165, 1.54) is 0 Å². The van der Waals surface area contributed by atoms with Gasteiger partial charge in [0.15, 0.2) is 0 Å². The molecule has 0 aliphatic carbocycles. The van der Waals surface area contributed by atoms with Crippen LogP contribution in [-0.2, 0) is 0 Å². The molecule has 2 unspecified atom stereocenters. The molecule has 2 aromatic rings. The first-order chi connectivity index (χ1) is 9.06. The van der Waals surface area contributed by atoms with Gasteiger partial charge in [-0.2, -0.15) is 0 Å². The van der Waals surface area contributed by atoms with Crippen molar-refractivity contribution < 1.29 is 10.2 Å². The lowest BCUT2D eigenvalue weighted by Gasteiger charge is -2.18. The highest BCUT2D eigenvalue weighted by Gasteiger charge is 2.14. The first kappa shape index (κ1) is 13.4. The Morgan fingerprint density at radius 3 is 1.58 bits per heavy atom. The van der Waals surface area contributed by atoms with Crippen LogP contribution in [0.25, 0.3) is 0 Å². The van der Waals surface area contributed by atoms with Gasteiger partial charge in [-0.05, 0) is 41.8 Å². The standard InChI is InChI=1S/C15H18N2O2/c16-14(10-3-1-5-12(18)7-10)9-15(17)11-4-2-6-13(19)8-11/h1-8,14-15,18-19H,9,16-17H2. The van der Waals surface area contributed by atoms with E-state index in [9.17, 15) is 10.2 Å². The third kappa shape index (κ3) is 3.47. The highest BCUT2D eigenvalue weighted by Crippen LogP contribution is 2.26. The Balaban J connectivity index is 2.08. The molecule has 2 atom stereocenters. The minimum atomic E-state index is -0.260. The first-order valence-electron chi connectivity index (χ1n) is 6.15. The minimum absolute atomic E-state index is 0.193. The second-order valence-electron chi connectivity index (χ2n) is 4.64. The van der Waals surface area contributed by atoms with Crippen molar-refractivity contribution in [1.29, 1.82) is 0 Å². The van der Waals surface area contributed by atoms with Crippen LogP contribution in [0.15, 0.2) is 48.5 Å². The molecular weight excluding hydrogens is 240 g/mol.